The third-order valence-electron chi connectivity index (χ3n) is 3.59. The number of nitrogens with zero attached hydrogens (tertiary/aromatic N) is 1. The summed E-state index contributed by atoms with van der Waals surface area (Å²) in [6.07, 6.45) is 7.57. The van der Waals surface area contributed by atoms with Crippen molar-refractivity contribution in [3.63, 3.8) is 0 Å². The number of fused-ring (bicyclic) bond motifs is 1. The first kappa shape index (κ1) is 18.1. The van der Waals surface area contributed by atoms with Crippen molar-refractivity contribution in [2.45, 2.75) is 59.4 Å². The van der Waals surface area contributed by atoms with E-state index in [4.69, 9.17) is 0 Å². The van der Waals surface area contributed by atoms with Crippen molar-refractivity contribution in [3.05, 3.63) is 42.2 Å². The highest BCUT2D eigenvalue weighted by Crippen LogP contribution is 2.20. The third-order valence-corrected chi connectivity index (χ3v) is 3.59. The zero-order chi connectivity index (χ0) is 16.4. The molecule has 1 fully saturated rings. The maximum absolute atomic E-state index is 11.9. The van der Waals surface area contributed by atoms with Gasteiger partial charge in [0.25, 0.3) is 0 Å². The minimum atomic E-state index is 0.129. The van der Waals surface area contributed by atoms with Gasteiger partial charge in [0.1, 0.15) is 0 Å². The Hall–Kier alpha value is -1.90. The van der Waals surface area contributed by atoms with Gasteiger partial charge < -0.3 is 5.32 Å². The van der Waals surface area contributed by atoms with Crippen molar-refractivity contribution in [2.75, 3.05) is 0 Å². The van der Waals surface area contributed by atoms with Crippen LogP contribution in [0, 0.1) is 0 Å². The van der Waals surface area contributed by atoms with Crippen LogP contribution >= 0.6 is 0 Å². The van der Waals surface area contributed by atoms with E-state index in [1.54, 1.807) is 6.20 Å². The highest BCUT2D eigenvalue weighted by atomic mass is 16.1. The summed E-state index contributed by atoms with van der Waals surface area (Å²) in [4.78, 5) is 16.0. The lowest BCUT2D eigenvalue weighted by molar-refractivity contribution is -0.121. The number of pyridine rings is 1. The minimum Gasteiger partial charge on any atom is -0.353 e. The molecule has 0 aliphatic heterocycles. The molecule has 1 aliphatic rings. The Bertz CT molecular complexity index is 571. The molecule has 120 valence electrons. The van der Waals surface area contributed by atoms with Crippen LogP contribution in [0.2, 0.25) is 0 Å². The highest BCUT2D eigenvalue weighted by Gasteiger charge is 2.19. The maximum Gasteiger partial charge on any atom is 0.224 e. The number of nitrogens with one attached hydrogen (secondary N) is 1. The van der Waals surface area contributed by atoms with E-state index in [2.05, 4.69) is 10.3 Å². The minimum absolute atomic E-state index is 0.129. The second-order valence-corrected chi connectivity index (χ2v) is 4.89. The quantitative estimate of drug-likeness (QED) is 0.907. The fourth-order valence-electron chi connectivity index (χ4n) is 2.35. The normalized spacial score (nSPS) is 13.1. The summed E-state index contributed by atoms with van der Waals surface area (Å²) in [7, 11) is 0. The van der Waals surface area contributed by atoms with E-state index in [-0.39, 0.29) is 5.91 Å². The number of hydrogen-bond donors (Lipinski definition) is 1. The molecule has 1 heterocycles. The molecule has 22 heavy (non-hydrogen) atoms. The Balaban J connectivity index is 0.000000561. The topological polar surface area (TPSA) is 42.0 Å². The van der Waals surface area contributed by atoms with Crippen molar-refractivity contribution < 1.29 is 4.79 Å². The van der Waals surface area contributed by atoms with Crippen LogP contribution < -0.4 is 5.32 Å². The van der Waals surface area contributed by atoms with Crippen LogP contribution in [0.1, 0.15) is 52.5 Å². The number of aromatic nitrogens is 1. The van der Waals surface area contributed by atoms with Crippen LogP contribution in [-0.4, -0.2) is 16.9 Å². The Morgan fingerprint density at radius 3 is 2.55 bits per heavy atom. The van der Waals surface area contributed by atoms with E-state index < -0.39 is 0 Å². The second kappa shape index (κ2) is 9.93. The maximum atomic E-state index is 11.9. The third kappa shape index (κ3) is 4.83. The fourth-order valence-corrected chi connectivity index (χ4v) is 2.35. The zero-order valence-electron chi connectivity index (χ0n) is 14.2. The molecule has 0 bridgehead atoms. The number of hydrogen-bond acceptors (Lipinski definition) is 2. The average molecular weight is 300 g/mol. The molecule has 1 N–H and O–H groups in total. The van der Waals surface area contributed by atoms with Gasteiger partial charge in [-0.15, -0.1) is 0 Å². The van der Waals surface area contributed by atoms with Crippen molar-refractivity contribution >= 4 is 16.7 Å². The van der Waals surface area contributed by atoms with Gasteiger partial charge in [0.05, 0.1) is 6.42 Å². The standard InChI is InChI=1S/C15H16N2O.2C2H6/c18-15(17-13-5-2-6-13)9-11-3-1-4-12-10-16-8-7-14(11)12;2*1-2/h1,3-4,7-8,10,13H,2,5-6,9H2,(H,17,18);2*1-2H3. The molecule has 0 unspecified atom stereocenters. The fraction of sp³-hybridized carbons (Fsp3) is 0.474. The zero-order valence-corrected chi connectivity index (χ0v) is 14.2. The van der Waals surface area contributed by atoms with Crippen molar-refractivity contribution in [1.29, 1.82) is 0 Å². The summed E-state index contributed by atoms with van der Waals surface area (Å²) in [6, 6.07) is 8.41. The second-order valence-electron chi connectivity index (χ2n) is 4.89. The van der Waals surface area contributed by atoms with Crippen LogP contribution in [-0.2, 0) is 11.2 Å². The molecule has 0 radical (unpaired) electrons. The monoisotopic (exact) mass is 300 g/mol. The van der Waals surface area contributed by atoms with E-state index in [1.807, 2.05) is 58.2 Å². The SMILES string of the molecule is CC.CC.O=C(Cc1cccc2cnccc12)NC1CCC1. The summed E-state index contributed by atoms with van der Waals surface area (Å²) in [5.74, 6) is 0.129. The highest BCUT2D eigenvalue weighted by molar-refractivity contribution is 5.89. The van der Waals surface area contributed by atoms with Gasteiger partial charge in [0.2, 0.25) is 5.91 Å². The molecule has 1 aliphatic carbocycles. The van der Waals surface area contributed by atoms with Gasteiger partial charge in [-0.25, -0.2) is 0 Å². The Morgan fingerprint density at radius 2 is 1.91 bits per heavy atom. The first-order valence-corrected chi connectivity index (χ1v) is 8.44. The van der Waals surface area contributed by atoms with Crippen LogP contribution in [0.4, 0.5) is 0 Å². The van der Waals surface area contributed by atoms with E-state index in [9.17, 15) is 4.79 Å². The van der Waals surface area contributed by atoms with Gasteiger partial charge in [0.15, 0.2) is 0 Å². The molecule has 3 heteroatoms. The number of benzene rings is 1. The number of carbonyl (C=O) groups is 1. The van der Waals surface area contributed by atoms with Crippen molar-refractivity contribution in [2.24, 2.45) is 0 Å². The van der Waals surface area contributed by atoms with Gasteiger partial charge in [-0.05, 0) is 36.3 Å². The van der Waals surface area contributed by atoms with Gasteiger partial charge >= 0.3 is 0 Å². The van der Waals surface area contributed by atoms with Gasteiger partial charge in [0, 0.05) is 23.8 Å². The van der Waals surface area contributed by atoms with Gasteiger partial charge in [-0.1, -0.05) is 45.9 Å². The molecule has 1 amide bonds. The molecule has 3 nitrogen and oxygen atoms in total. The van der Waals surface area contributed by atoms with Gasteiger partial charge in [-0.2, -0.15) is 0 Å². The molecular formula is C19H28N2O. The summed E-state index contributed by atoms with van der Waals surface area (Å²) in [5, 5.41) is 5.29. The summed E-state index contributed by atoms with van der Waals surface area (Å²) >= 11 is 0. The smallest absolute Gasteiger partial charge is 0.224 e. The van der Waals surface area contributed by atoms with E-state index in [0.29, 0.717) is 12.5 Å². The molecule has 1 aromatic carbocycles. The molecule has 1 aromatic heterocycles. The molecule has 1 saturated carbocycles. The Kier molecular flexibility index (Phi) is 8.19. The van der Waals surface area contributed by atoms with E-state index in [0.717, 1.165) is 29.2 Å². The van der Waals surface area contributed by atoms with Crippen LogP contribution in [0.5, 0.6) is 0 Å². The lowest BCUT2D eigenvalue weighted by Crippen LogP contribution is -2.40. The molecule has 3 rings (SSSR count). The Labute approximate surface area is 134 Å². The number of carbonyl (C=O) groups excluding carboxylic acids is 1. The Morgan fingerprint density at radius 1 is 1.18 bits per heavy atom. The first-order chi connectivity index (χ1) is 10.8. The largest absolute Gasteiger partial charge is 0.353 e. The molecule has 0 saturated heterocycles. The summed E-state index contributed by atoms with van der Waals surface area (Å²) < 4.78 is 0. The predicted molar refractivity (Wildman–Crippen MR) is 93.9 cm³/mol. The van der Waals surface area contributed by atoms with Crippen LogP contribution in [0.15, 0.2) is 36.7 Å². The lowest BCUT2D eigenvalue weighted by atomic mass is 9.93. The first-order valence-electron chi connectivity index (χ1n) is 8.44. The van der Waals surface area contributed by atoms with Gasteiger partial charge in [-0.3, -0.25) is 9.78 Å². The van der Waals surface area contributed by atoms with Crippen molar-refractivity contribution in [1.82, 2.24) is 10.3 Å². The number of rotatable bonds is 3. The number of amides is 1. The average Bonchev–Trinajstić information content (AvgIpc) is 2.55. The van der Waals surface area contributed by atoms with Crippen molar-refractivity contribution in [3.8, 4) is 0 Å². The lowest BCUT2D eigenvalue weighted by Gasteiger charge is -2.26. The molecule has 0 atom stereocenters. The molecular weight excluding hydrogens is 272 g/mol. The summed E-state index contributed by atoms with van der Waals surface area (Å²) in [5.41, 5.74) is 1.08. The predicted octanol–water partition coefficient (Wildman–Crippen LogP) is 4.50. The van der Waals surface area contributed by atoms with Crippen LogP contribution in [0.3, 0.4) is 0 Å². The summed E-state index contributed by atoms with van der Waals surface area (Å²) in [6.45, 7) is 8.00. The molecule has 0 spiro atoms. The van der Waals surface area contributed by atoms with E-state index >= 15 is 0 Å². The molecule has 2 aromatic rings. The van der Waals surface area contributed by atoms with E-state index in [1.165, 1.54) is 6.42 Å². The van der Waals surface area contributed by atoms with Crippen LogP contribution in [0.25, 0.3) is 10.8 Å².